The molecule has 0 aliphatic heterocycles. The van der Waals surface area contributed by atoms with Gasteiger partial charge in [-0.2, -0.15) is 0 Å². The zero-order chi connectivity index (χ0) is 15.2. The second-order valence-electron chi connectivity index (χ2n) is 4.91. The number of halogens is 1. The number of hydrogen-bond donors (Lipinski definition) is 1. The lowest BCUT2D eigenvalue weighted by atomic mass is 10.1. The number of rotatable bonds is 6. The third-order valence-electron chi connectivity index (χ3n) is 3.27. The standard InChI is InChI=1S/C16H17ClN2O2/c1-12-4-2-5-13(10-12)8-9-18-11-14-15(17)6-3-7-16(14)19(20)21/h2-7,10,18H,8-9,11H2,1H3. The molecule has 0 heterocycles. The number of nitrogens with zero attached hydrogens (tertiary/aromatic N) is 1. The van der Waals surface area contributed by atoms with Gasteiger partial charge in [0.05, 0.1) is 15.5 Å². The zero-order valence-electron chi connectivity index (χ0n) is 11.8. The predicted octanol–water partition coefficient (Wildman–Crippen LogP) is 3.89. The fourth-order valence-corrected chi connectivity index (χ4v) is 2.44. The molecule has 0 saturated heterocycles. The molecule has 0 radical (unpaired) electrons. The van der Waals surface area contributed by atoms with Crippen molar-refractivity contribution >= 4 is 17.3 Å². The third kappa shape index (κ3) is 4.28. The van der Waals surface area contributed by atoms with E-state index in [1.54, 1.807) is 12.1 Å². The molecule has 0 atom stereocenters. The van der Waals surface area contributed by atoms with Crippen molar-refractivity contribution in [2.75, 3.05) is 6.54 Å². The van der Waals surface area contributed by atoms with Crippen LogP contribution >= 0.6 is 11.6 Å². The first-order valence-electron chi connectivity index (χ1n) is 6.76. The maximum absolute atomic E-state index is 11.0. The molecule has 0 aromatic heterocycles. The van der Waals surface area contributed by atoms with Crippen molar-refractivity contribution in [2.24, 2.45) is 0 Å². The van der Waals surface area contributed by atoms with Crippen LogP contribution in [0.25, 0.3) is 0 Å². The van der Waals surface area contributed by atoms with E-state index in [0.717, 1.165) is 13.0 Å². The summed E-state index contributed by atoms with van der Waals surface area (Å²) in [5, 5.41) is 14.6. The van der Waals surface area contributed by atoms with Gasteiger partial charge in [-0.3, -0.25) is 10.1 Å². The fourth-order valence-electron chi connectivity index (χ4n) is 2.21. The molecule has 1 N–H and O–H groups in total. The molecule has 2 rings (SSSR count). The van der Waals surface area contributed by atoms with E-state index in [1.165, 1.54) is 17.2 Å². The monoisotopic (exact) mass is 304 g/mol. The van der Waals surface area contributed by atoms with Crippen LogP contribution in [0.4, 0.5) is 5.69 Å². The van der Waals surface area contributed by atoms with Gasteiger partial charge in [-0.25, -0.2) is 0 Å². The summed E-state index contributed by atoms with van der Waals surface area (Å²) >= 11 is 6.05. The van der Waals surface area contributed by atoms with Crippen LogP contribution in [0.5, 0.6) is 0 Å². The molecular weight excluding hydrogens is 288 g/mol. The average molecular weight is 305 g/mol. The van der Waals surface area contributed by atoms with Gasteiger partial charge in [0.1, 0.15) is 0 Å². The van der Waals surface area contributed by atoms with Gasteiger partial charge in [-0.1, -0.05) is 47.5 Å². The molecular formula is C16H17ClN2O2. The molecule has 0 saturated carbocycles. The summed E-state index contributed by atoms with van der Waals surface area (Å²) in [6.07, 6.45) is 0.875. The lowest BCUT2D eigenvalue weighted by molar-refractivity contribution is -0.385. The Hall–Kier alpha value is -1.91. The molecule has 110 valence electrons. The van der Waals surface area contributed by atoms with Gasteiger partial charge < -0.3 is 5.32 Å². The molecule has 2 aromatic carbocycles. The Morgan fingerprint density at radius 3 is 2.71 bits per heavy atom. The summed E-state index contributed by atoms with van der Waals surface area (Å²) < 4.78 is 0. The number of benzene rings is 2. The molecule has 0 aliphatic rings. The van der Waals surface area contributed by atoms with Crippen molar-refractivity contribution < 1.29 is 4.92 Å². The van der Waals surface area contributed by atoms with Crippen molar-refractivity contribution in [1.82, 2.24) is 5.32 Å². The maximum atomic E-state index is 11.0. The van der Waals surface area contributed by atoms with E-state index in [1.807, 2.05) is 6.07 Å². The first-order chi connectivity index (χ1) is 10.1. The first kappa shape index (κ1) is 15.5. The summed E-state index contributed by atoms with van der Waals surface area (Å²) in [7, 11) is 0. The van der Waals surface area contributed by atoms with E-state index in [4.69, 9.17) is 11.6 Å². The second-order valence-corrected chi connectivity index (χ2v) is 5.32. The maximum Gasteiger partial charge on any atom is 0.275 e. The lowest BCUT2D eigenvalue weighted by Gasteiger charge is -2.08. The van der Waals surface area contributed by atoms with E-state index in [9.17, 15) is 10.1 Å². The lowest BCUT2D eigenvalue weighted by Crippen LogP contribution is -2.17. The van der Waals surface area contributed by atoms with E-state index in [-0.39, 0.29) is 5.69 Å². The molecule has 21 heavy (non-hydrogen) atoms. The number of nitrogens with one attached hydrogen (secondary N) is 1. The van der Waals surface area contributed by atoms with Crippen molar-refractivity contribution in [3.8, 4) is 0 Å². The van der Waals surface area contributed by atoms with Gasteiger partial charge in [-0.15, -0.1) is 0 Å². The van der Waals surface area contributed by atoms with E-state index < -0.39 is 4.92 Å². The average Bonchev–Trinajstić information content (AvgIpc) is 2.44. The Morgan fingerprint density at radius 1 is 1.24 bits per heavy atom. The van der Waals surface area contributed by atoms with Crippen molar-refractivity contribution in [2.45, 2.75) is 19.9 Å². The fraction of sp³-hybridized carbons (Fsp3) is 0.250. The summed E-state index contributed by atoms with van der Waals surface area (Å²) in [4.78, 5) is 10.6. The van der Waals surface area contributed by atoms with Crippen molar-refractivity contribution in [3.05, 3.63) is 74.3 Å². The number of aryl methyl sites for hydroxylation is 1. The van der Waals surface area contributed by atoms with E-state index in [2.05, 4.69) is 30.4 Å². The Morgan fingerprint density at radius 2 is 2.00 bits per heavy atom. The molecule has 0 unspecified atom stereocenters. The molecule has 0 bridgehead atoms. The molecule has 0 fully saturated rings. The summed E-state index contributed by atoms with van der Waals surface area (Å²) in [6, 6.07) is 13.0. The Kier molecular flexibility index (Phi) is 5.31. The minimum atomic E-state index is -0.399. The molecule has 4 nitrogen and oxygen atoms in total. The van der Waals surface area contributed by atoms with Crippen LogP contribution in [0.2, 0.25) is 5.02 Å². The third-order valence-corrected chi connectivity index (χ3v) is 3.62. The minimum Gasteiger partial charge on any atom is -0.312 e. The van der Waals surface area contributed by atoms with Gasteiger partial charge in [0.25, 0.3) is 5.69 Å². The van der Waals surface area contributed by atoms with Gasteiger partial charge in [0.2, 0.25) is 0 Å². The van der Waals surface area contributed by atoms with E-state index in [0.29, 0.717) is 17.1 Å². The van der Waals surface area contributed by atoms with Crippen LogP contribution in [0.3, 0.4) is 0 Å². The van der Waals surface area contributed by atoms with Crippen LogP contribution < -0.4 is 5.32 Å². The number of nitro benzene ring substituents is 1. The van der Waals surface area contributed by atoms with Gasteiger partial charge in [0.15, 0.2) is 0 Å². The number of nitro groups is 1. The van der Waals surface area contributed by atoms with Gasteiger partial charge >= 0.3 is 0 Å². The normalized spacial score (nSPS) is 10.6. The highest BCUT2D eigenvalue weighted by Gasteiger charge is 2.15. The van der Waals surface area contributed by atoms with Crippen molar-refractivity contribution in [1.29, 1.82) is 0 Å². The molecule has 0 spiro atoms. The van der Waals surface area contributed by atoms with E-state index >= 15 is 0 Å². The van der Waals surface area contributed by atoms with Crippen LogP contribution in [-0.2, 0) is 13.0 Å². The highest BCUT2D eigenvalue weighted by molar-refractivity contribution is 6.31. The SMILES string of the molecule is Cc1cccc(CCNCc2c(Cl)cccc2[N+](=O)[O-])c1. The summed E-state index contributed by atoms with van der Waals surface area (Å²) in [6.45, 7) is 3.19. The predicted molar refractivity (Wildman–Crippen MR) is 84.7 cm³/mol. The largest absolute Gasteiger partial charge is 0.312 e. The Labute approximate surface area is 128 Å². The van der Waals surface area contributed by atoms with Crippen LogP contribution in [-0.4, -0.2) is 11.5 Å². The second kappa shape index (κ2) is 7.20. The molecule has 0 aliphatic carbocycles. The highest BCUT2D eigenvalue weighted by atomic mass is 35.5. The molecule has 0 amide bonds. The molecule has 5 heteroatoms. The van der Waals surface area contributed by atoms with Crippen LogP contribution in [0, 0.1) is 17.0 Å². The van der Waals surface area contributed by atoms with Crippen LogP contribution in [0.1, 0.15) is 16.7 Å². The zero-order valence-corrected chi connectivity index (χ0v) is 12.6. The van der Waals surface area contributed by atoms with Crippen LogP contribution in [0.15, 0.2) is 42.5 Å². The topological polar surface area (TPSA) is 55.2 Å². The smallest absolute Gasteiger partial charge is 0.275 e. The van der Waals surface area contributed by atoms with Gasteiger partial charge in [0, 0.05) is 12.6 Å². The Bertz CT molecular complexity index is 644. The highest BCUT2D eigenvalue weighted by Crippen LogP contribution is 2.25. The Balaban J connectivity index is 1.93. The minimum absolute atomic E-state index is 0.0607. The molecule has 2 aromatic rings. The summed E-state index contributed by atoms with van der Waals surface area (Å²) in [5.41, 5.74) is 3.07. The summed E-state index contributed by atoms with van der Waals surface area (Å²) in [5.74, 6) is 0. The van der Waals surface area contributed by atoms with Crippen molar-refractivity contribution in [3.63, 3.8) is 0 Å². The first-order valence-corrected chi connectivity index (χ1v) is 7.14. The number of hydrogen-bond acceptors (Lipinski definition) is 3. The quantitative estimate of drug-likeness (QED) is 0.500. The van der Waals surface area contributed by atoms with Gasteiger partial charge in [-0.05, 0) is 31.5 Å².